The van der Waals surface area contributed by atoms with Gasteiger partial charge in [-0.15, -0.1) is 0 Å². The Morgan fingerprint density at radius 3 is 2.38 bits per heavy atom. The van der Waals surface area contributed by atoms with E-state index >= 15 is 0 Å². The Hall–Kier alpha value is -4.64. The number of aliphatic hydroxyl groups excluding tert-OH is 1. The Morgan fingerprint density at radius 1 is 1.04 bits per heavy atom. The van der Waals surface area contributed by atoms with Crippen LogP contribution in [-0.4, -0.2) is 54.7 Å². The number of thiazole rings is 1. The number of aromatic nitrogens is 1. The first-order chi connectivity index (χ1) is 21.7. The molecule has 45 heavy (non-hydrogen) atoms. The Labute approximate surface area is 266 Å². The number of nitrogens with zero attached hydrogens (tertiary/aromatic N) is 2. The first kappa shape index (κ1) is 33.3. The number of rotatable bonds is 15. The molecule has 3 aromatic rings. The van der Waals surface area contributed by atoms with Crippen LogP contribution in [0.1, 0.15) is 72.1 Å². The molecule has 10 nitrogen and oxygen atoms in total. The second-order valence-electron chi connectivity index (χ2n) is 10.3. The van der Waals surface area contributed by atoms with Gasteiger partial charge in [0.25, 0.3) is 5.78 Å². The van der Waals surface area contributed by atoms with Crippen LogP contribution in [0.3, 0.4) is 0 Å². The van der Waals surface area contributed by atoms with Gasteiger partial charge in [0.05, 0.1) is 37.6 Å². The number of hydrogen-bond donors (Lipinski definition) is 1. The molecule has 11 heteroatoms. The van der Waals surface area contributed by atoms with Crippen molar-refractivity contribution in [2.24, 2.45) is 0 Å². The molecule has 0 saturated carbocycles. The van der Waals surface area contributed by atoms with Crippen LogP contribution in [0.25, 0.3) is 5.76 Å². The van der Waals surface area contributed by atoms with E-state index in [-0.39, 0.29) is 27.9 Å². The van der Waals surface area contributed by atoms with E-state index in [9.17, 15) is 19.5 Å². The first-order valence-electron chi connectivity index (χ1n) is 14.9. The van der Waals surface area contributed by atoms with Gasteiger partial charge in [-0.1, -0.05) is 56.7 Å². The van der Waals surface area contributed by atoms with Gasteiger partial charge in [-0.3, -0.25) is 14.5 Å². The molecule has 2 aromatic carbocycles. The third-order valence-electron chi connectivity index (χ3n) is 7.11. The van der Waals surface area contributed by atoms with E-state index < -0.39 is 23.7 Å². The lowest BCUT2D eigenvalue weighted by atomic mass is 9.95. The number of methoxy groups -OCH3 is 1. The summed E-state index contributed by atoms with van der Waals surface area (Å²) >= 11 is 0.923. The zero-order chi connectivity index (χ0) is 32.5. The Balaban J connectivity index is 1.83. The fraction of sp³-hybridized carbons (Fsp3) is 0.353. The number of aliphatic hydroxyl groups is 1. The lowest BCUT2D eigenvalue weighted by Gasteiger charge is -2.24. The molecule has 2 heterocycles. The van der Waals surface area contributed by atoms with Gasteiger partial charge in [0.15, 0.2) is 16.6 Å². The minimum Gasteiger partial charge on any atom is -0.507 e. The van der Waals surface area contributed by atoms with Crippen molar-refractivity contribution in [1.29, 1.82) is 0 Å². The molecule has 0 spiro atoms. The average Bonchev–Trinajstić information content (AvgIpc) is 3.56. The summed E-state index contributed by atoms with van der Waals surface area (Å²) in [5.74, 6) is -1.26. The Kier molecular flexibility index (Phi) is 11.4. The molecule has 1 N–H and O–H groups in total. The molecule has 0 bridgehead atoms. The van der Waals surface area contributed by atoms with Crippen LogP contribution < -0.4 is 19.1 Å². The number of unbranched alkanes of at least 4 members (excludes halogenated alkanes) is 2. The zero-order valence-electron chi connectivity index (χ0n) is 26.0. The topological polar surface area (TPSA) is 124 Å². The van der Waals surface area contributed by atoms with Crippen LogP contribution in [0.15, 0.2) is 60.7 Å². The van der Waals surface area contributed by atoms with Gasteiger partial charge < -0.3 is 24.1 Å². The van der Waals surface area contributed by atoms with Gasteiger partial charge in [-0.05, 0) is 61.7 Å². The van der Waals surface area contributed by atoms with Crippen LogP contribution in [0.2, 0.25) is 0 Å². The van der Waals surface area contributed by atoms with Crippen molar-refractivity contribution in [2.45, 2.75) is 52.5 Å². The Bertz CT molecular complexity index is 1580. The van der Waals surface area contributed by atoms with Gasteiger partial charge in [-0.25, -0.2) is 9.78 Å². The number of hydrogen-bond acceptors (Lipinski definition) is 10. The van der Waals surface area contributed by atoms with Crippen molar-refractivity contribution in [3.05, 3.63) is 82.4 Å². The number of esters is 1. The highest BCUT2D eigenvalue weighted by atomic mass is 32.1. The summed E-state index contributed by atoms with van der Waals surface area (Å²) in [6, 6.07) is 10.7. The van der Waals surface area contributed by atoms with Crippen LogP contribution in [0.4, 0.5) is 5.13 Å². The number of anilines is 1. The van der Waals surface area contributed by atoms with E-state index in [1.54, 1.807) is 49.4 Å². The summed E-state index contributed by atoms with van der Waals surface area (Å²) in [4.78, 5) is 45.9. The van der Waals surface area contributed by atoms with Gasteiger partial charge in [0, 0.05) is 5.56 Å². The van der Waals surface area contributed by atoms with Crippen molar-refractivity contribution in [1.82, 2.24) is 4.98 Å². The monoisotopic (exact) mass is 634 g/mol. The molecule has 1 saturated heterocycles. The van der Waals surface area contributed by atoms with E-state index in [2.05, 4.69) is 25.4 Å². The smallest absolute Gasteiger partial charge is 0.350 e. The molecule has 1 aromatic heterocycles. The summed E-state index contributed by atoms with van der Waals surface area (Å²) in [6.07, 6.45) is 5.15. The molecule has 1 aliphatic heterocycles. The van der Waals surface area contributed by atoms with E-state index in [0.29, 0.717) is 47.3 Å². The third-order valence-corrected chi connectivity index (χ3v) is 8.24. The highest BCUT2D eigenvalue weighted by Gasteiger charge is 2.48. The predicted molar refractivity (Wildman–Crippen MR) is 172 cm³/mol. The van der Waals surface area contributed by atoms with Crippen molar-refractivity contribution >= 4 is 39.9 Å². The average molecular weight is 635 g/mol. The van der Waals surface area contributed by atoms with Crippen LogP contribution in [0.5, 0.6) is 17.2 Å². The number of ether oxygens (including phenoxy) is 4. The molecule has 4 rings (SSSR count). The van der Waals surface area contributed by atoms with Crippen molar-refractivity contribution in [2.75, 3.05) is 31.8 Å². The quantitative estimate of drug-likeness (QED) is 0.0481. The molecule has 0 radical (unpaired) electrons. The van der Waals surface area contributed by atoms with Crippen molar-refractivity contribution in [3.8, 4) is 17.2 Å². The summed E-state index contributed by atoms with van der Waals surface area (Å²) < 4.78 is 22.4. The lowest BCUT2D eigenvalue weighted by molar-refractivity contribution is -0.132. The fourth-order valence-corrected chi connectivity index (χ4v) is 5.71. The summed E-state index contributed by atoms with van der Waals surface area (Å²) in [7, 11) is 1.50. The minimum absolute atomic E-state index is 0.00489. The number of amides is 1. The van der Waals surface area contributed by atoms with Crippen LogP contribution in [0, 0.1) is 6.92 Å². The number of aryl methyl sites for hydroxylation is 1. The van der Waals surface area contributed by atoms with Gasteiger partial charge in [0.2, 0.25) is 0 Å². The molecular weight excluding hydrogens is 596 g/mol. The minimum atomic E-state index is -1.09. The maximum Gasteiger partial charge on any atom is 0.350 e. The van der Waals surface area contributed by atoms with Gasteiger partial charge >= 0.3 is 11.9 Å². The van der Waals surface area contributed by atoms with E-state index in [4.69, 9.17) is 18.9 Å². The third kappa shape index (κ3) is 7.37. The highest BCUT2D eigenvalue weighted by Crippen LogP contribution is 2.45. The maximum absolute atomic E-state index is 13.7. The largest absolute Gasteiger partial charge is 0.507 e. The SMILES string of the molecule is C=CCOC(=O)c1sc(N2C(=O)C(=O)C(=C(O)c3ccc(OCCCC)cc3)C2c2ccc(OCCCC)c(OC)c2)nc1C. The predicted octanol–water partition coefficient (Wildman–Crippen LogP) is 6.79. The maximum atomic E-state index is 13.7. The van der Waals surface area contributed by atoms with Crippen LogP contribution >= 0.6 is 11.3 Å². The van der Waals surface area contributed by atoms with Crippen LogP contribution in [-0.2, 0) is 14.3 Å². The number of benzene rings is 2. The molecule has 1 amide bonds. The second kappa shape index (κ2) is 15.4. The number of carbonyl (C=O) groups excluding carboxylic acids is 3. The van der Waals surface area contributed by atoms with Crippen molar-refractivity contribution in [3.63, 3.8) is 0 Å². The lowest BCUT2D eigenvalue weighted by Crippen LogP contribution is -2.29. The summed E-state index contributed by atoms with van der Waals surface area (Å²) in [5, 5.41) is 11.7. The fourth-order valence-electron chi connectivity index (χ4n) is 4.72. The molecule has 1 unspecified atom stereocenters. The number of ketones is 1. The highest BCUT2D eigenvalue weighted by molar-refractivity contribution is 7.17. The van der Waals surface area contributed by atoms with E-state index in [1.807, 2.05) is 0 Å². The normalized spacial score (nSPS) is 15.6. The van der Waals surface area contributed by atoms with E-state index in [1.165, 1.54) is 18.1 Å². The summed E-state index contributed by atoms with van der Waals surface area (Å²) in [6.45, 7) is 10.4. The first-order valence-corrected chi connectivity index (χ1v) is 15.7. The molecule has 1 fully saturated rings. The standard InChI is InChI=1S/C34H38N2O8S/c1-6-9-18-42-24-14-11-22(12-15-24)29(37)27-28(23-13-16-25(26(20-23)41-5)43-19-10-7-2)36(32(39)30(27)38)34-35-21(4)31(45-34)33(40)44-17-8-3/h8,11-16,20,28,37H,3,6-7,9-10,17-19H2,1-2,4-5H3. The van der Waals surface area contributed by atoms with Gasteiger partial charge in [0.1, 0.15) is 23.0 Å². The second-order valence-corrected chi connectivity index (χ2v) is 11.3. The molecule has 1 atom stereocenters. The number of Topliss-reactive ketones (excluding diaryl/α,β-unsaturated/α-hetero) is 1. The van der Waals surface area contributed by atoms with E-state index in [0.717, 1.165) is 37.0 Å². The number of carbonyl (C=O) groups is 3. The molecule has 1 aliphatic rings. The molecular formula is C34H38N2O8S. The molecule has 238 valence electrons. The Morgan fingerprint density at radius 2 is 1.73 bits per heavy atom. The summed E-state index contributed by atoms with van der Waals surface area (Å²) in [5.41, 5.74) is 1.00. The van der Waals surface area contributed by atoms with Gasteiger partial charge in [-0.2, -0.15) is 0 Å². The van der Waals surface area contributed by atoms with Crippen molar-refractivity contribution < 1.29 is 38.4 Å². The zero-order valence-corrected chi connectivity index (χ0v) is 26.8. The molecule has 0 aliphatic carbocycles.